The molecule has 8 heteroatoms. The monoisotopic (exact) mass is 445 g/mol. The zero-order valence-corrected chi connectivity index (χ0v) is 19.2. The molecule has 0 spiro atoms. The fourth-order valence-corrected chi connectivity index (χ4v) is 3.11. The van der Waals surface area contributed by atoms with E-state index in [4.69, 9.17) is 13.9 Å². The van der Waals surface area contributed by atoms with Crippen molar-refractivity contribution in [3.63, 3.8) is 0 Å². The van der Waals surface area contributed by atoms with Crippen molar-refractivity contribution in [2.45, 2.75) is 46.1 Å². The molecule has 32 heavy (non-hydrogen) atoms. The number of nitrogens with one attached hydrogen (secondary N) is 1. The van der Waals surface area contributed by atoms with E-state index in [1.54, 1.807) is 4.90 Å². The first kappa shape index (κ1) is 25.5. The SMILES string of the molecule is CCOCCCNC(=O)c1coc(CN(CCCOCC)C(=O)CCc2ccccc2)n1. The van der Waals surface area contributed by atoms with Gasteiger partial charge in [0.1, 0.15) is 6.26 Å². The van der Waals surface area contributed by atoms with E-state index in [1.807, 2.05) is 44.2 Å². The Morgan fingerprint density at radius 2 is 1.78 bits per heavy atom. The Morgan fingerprint density at radius 3 is 2.50 bits per heavy atom. The number of aryl methyl sites for hydroxylation is 1. The van der Waals surface area contributed by atoms with Crippen molar-refractivity contribution < 1.29 is 23.5 Å². The molecule has 1 heterocycles. The Bertz CT molecular complexity index is 794. The summed E-state index contributed by atoms with van der Waals surface area (Å²) in [5, 5.41) is 2.80. The number of nitrogens with zero attached hydrogens (tertiary/aromatic N) is 2. The molecule has 0 aliphatic heterocycles. The minimum Gasteiger partial charge on any atom is -0.446 e. The van der Waals surface area contributed by atoms with Crippen molar-refractivity contribution >= 4 is 11.8 Å². The third-order valence-corrected chi connectivity index (χ3v) is 4.81. The smallest absolute Gasteiger partial charge is 0.273 e. The molecule has 1 N–H and O–H groups in total. The van der Waals surface area contributed by atoms with Gasteiger partial charge in [0, 0.05) is 45.9 Å². The maximum absolute atomic E-state index is 12.9. The predicted molar refractivity (Wildman–Crippen MR) is 121 cm³/mol. The summed E-state index contributed by atoms with van der Waals surface area (Å²) >= 11 is 0. The van der Waals surface area contributed by atoms with Crippen molar-refractivity contribution in [1.29, 1.82) is 0 Å². The lowest BCUT2D eigenvalue weighted by Crippen LogP contribution is -2.32. The molecule has 0 radical (unpaired) electrons. The summed E-state index contributed by atoms with van der Waals surface area (Å²) in [5.41, 5.74) is 1.33. The van der Waals surface area contributed by atoms with Crippen LogP contribution in [-0.2, 0) is 27.2 Å². The molecule has 176 valence electrons. The summed E-state index contributed by atoms with van der Waals surface area (Å²) in [4.78, 5) is 31.1. The van der Waals surface area contributed by atoms with Crippen LogP contribution in [0.5, 0.6) is 0 Å². The first-order chi connectivity index (χ1) is 15.6. The van der Waals surface area contributed by atoms with Crippen molar-refractivity contribution in [1.82, 2.24) is 15.2 Å². The third kappa shape index (κ3) is 9.62. The summed E-state index contributed by atoms with van der Waals surface area (Å²) in [7, 11) is 0. The number of hydrogen-bond donors (Lipinski definition) is 1. The third-order valence-electron chi connectivity index (χ3n) is 4.81. The number of aromatic nitrogens is 1. The predicted octanol–water partition coefficient (Wildman–Crippen LogP) is 3.22. The highest BCUT2D eigenvalue weighted by Crippen LogP contribution is 2.11. The van der Waals surface area contributed by atoms with Crippen molar-refractivity contribution in [3.05, 3.63) is 53.7 Å². The summed E-state index contributed by atoms with van der Waals surface area (Å²) in [6.07, 6.45) is 3.85. The van der Waals surface area contributed by atoms with Gasteiger partial charge < -0.3 is 24.1 Å². The van der Waals surface area contributed by atoms with E-state index in [0.717, 1.165) is 18.4 Å². The van der Waals surface area contributed by atoms with Crippen molar-refractivity contribution in [2.75, 3.05) is 39.5 Å². The summed E-state index contributed by atoms with van der Waals surface area (Å²) in [6, 6.07) is 9.92. The molecule has 0 unspecified atom stereocenters. The highest BCUT2D eigenvalue weighted by atomic mass is 16.5. The van der Waals surface area contributed by atoms with Crippen LogP contribution in [0.3, 0.4) is 0 Å². The summed E-state index contributed by atoms with van der Waals surface area (Å²) in [5.74, 6) is 0.0641. The van der Waals surface area contributed by atoms with Crippen LogP contribution in [0.25, 0.3) is 0 Å². The van der Waals surface area contributed by atoms with E-state index in [-0.39, 0.29) is 24.1 Å². The van der Waals surface area contributed by atoms with Crippen molar-refractivity contribution in [2.24, 2.45) is 0 Å². The average molecular weight is 446 g/mol. The average Bonchev–Trinajstić information content (AvgIpc) is 3.28. The summed E-state index contributed by atoms with van der Waals surface area (Å²) < 4.78 is 16.1. The van der Waals surface area contributed by atoms with Crippen LogP contribution < -0.4 is 5.32 Å². The molecule has 0 saturated heterocycles. The molecule has 0 aliphatic carbocycles. The van der Waals surface area contributed by atoms with Gasteiger partial charge in [0.25, 0.3) is 5.91 Å². The van der Waals surface area contributed by atoms with Gasteiger partial charge in [-0.1, -0.05) is 30.3 Å². The lowest BCUT2D eigenvalue weighted by atomic mass is 10.1. The molecule has 0 aliphatic rings. The van der Waals surface area contributed by atoms with Crippen LogP contribution in [0.2, 0.25) is 0 Å². The van der Waals surface area contributed by atoms with Gasteiger partial charge in [-0.3, -0.25) is 9.59 Å². The Hall–Kier alpha value is -2.71. The van der Waals surface area contributed by atoms with Gasteiger partial charge in [-0.2, -0.15) is 0 Å². The molecule has 1 aromatic heterocycles. The van der Waals surface area contributed by atoms with Gasteiger partial charge >= 0.3 is 0 Å². The van der Waals surface area contributed by atoms with Crippen LogP contribution >= 0.6 is 0 Å². The van der Waals surface area contributed by atoms with Gasteiger partial charge in [-0.05, 0) is 38.7 Å². The normalized spacial score (nSPS) is 10.8. The number of hydrogen-bond acceptors (Lipinski definition) is 6. The molecule has 0 fully saturated rings. The minimum atomic E-state index is -0.296. The molecule has 0 bridgehead atoms. The van der Waals surface area contributed by atoms with Gasteiger partial charge in [0.05, 0.1) is 6.54 Å². The lowest BCUT2D eigenvalue weighted by Gasteiger charge is -2.21. The second kappa shape index (κ2) is 15.2. The van der Waals surface area contributed by atoms with Crippen LogP contribution in [0, 0.1) is 0 Å². The van der Waals surface area contributed by atoms with Gasteiger partial charge in [-0.15, -0.1) is 0 Å². The maximum atomic E-state index is 12.9. The second-order valence-electron chi connectivity index (χ2n) is 7.28. The number of ether oxygens (including phenoxy) is 2. The van der Waals surface area contributed by atoms with E-state index < -0.39 is 0 Å². The molecular weight excluding hydrogens is 410 g/mol. The van der Waals surface area contributed by atoms with Gasteiger partial charge in [0.2, 0.25) is 11.8 Å². The number of amides is 2. The van der Waals surface area contributed by atoms with Crippen LogP contribution in [-0.4, -0.2) is 61.2 Å². The maximum Gasteiger partial charge on any atom is 0.273 e. The number of rotatable bonds is 16. The Labute approximate surface area is 190 Å². The highest BCUT2D eigenvalue weighted by molar-refractivity contribution is 5.91. The first-order valence-corrected chi connectivity index (χ1v) is 11.3. The highest BCUT2D eigenvalue weighted by Gasteiger charge is 2.18. The topological polar surface area (TPSA) is 93.9 Å². The number of oxazole rings is 1. The molecule has 0 saturated carbocycles. The Balaban J connectivity index is 1.90. The van der Waals surface area contributed by atoms with Gasteiger partial charge in [0.15, 0.2) is 5.69 Å². The number of benzene rings is 1. The zero-order chi connectivity index (χ0) is 23.0. The van der Waals surface area contributed by atoms with E-state index >= 15 is 0 Å². The minimum absolute atomic E-state index is 0.0190. The van der Waals surface area contributed by atoms with Crippen LogP contribution in [0.4, 0.5) is 0 Å². The largest absolute Gasteiger partial charge is 0.446 e. The number of carbonyl (C=O) groups excluding carboxylic acids is 2. The van der Waals surface area contributed by atoms with Crippen LogP contribution in [0.15, 0.2) is 41.0 Å². The van der Waals surface area contributed by atoms with Crippen LogP contribution in [0.1, 0.15) is 55.1 Å². The van der Waals surface area contributed by atoms with E-state index in [1.165, 1.54) is 6.26 Å². The van der Waals surface area contributed by atoms with Crippen molar-refractivity contribution in [3.8, 4) is 0 Å². The Morgan fingerprint density at radius 1 is 1.06 bits per heavy atom. The molecular formula is C24H35N3O5. The van der Waals surface area contributed by atoms with Gasteiger partial charge in [-0.25, -0.2) is 4.98 Å². The fraction of sp³-hybridized carbons (Fsp3) is 0.542. The fourth-order valence-electron chi connectivity index (χ4n) is 3.11. The second-order valence-corrected chi connectivity index (χ2v) is 7.28. The molecule has 0 atom stereocenters. The molecule has 2 aromatic rings. The lowest BCUT2D eigenvalue weighted by molar-refractivity contribution is -0.132. The molecule has 1 aromatic carbocycles. The van der Waals surface area contributed by atoms with E-state index in [2.05, 4.69) is 10.3 Å². The number of carbonyl (C=O) groups is 2. The first-order valence-electron chi connectivity index (χ1n) is 11.3. The zero-order valence-electron chi connectivity index (χ0n) is 19.2. The molecule has 2 amide bonds. The standard InChI is InChI=1S/C24H35N3O5/c1-3-30-16-8-14-25-24(29)21-19-32-22(26-21)18-27(15-9-17-31-4-2)23(28)13-12-20-10-6-5-7-11-20/h5-7,10-11,19H,3-4,8-9,12-18H2,1-2H3,(H,25,29). The molecule has 2 rings (SSSR count). The Kier molecular flexibility index (Phi) is 12.1. The quantitative estimate of drug-likeness (QED) is 0.399. The molecule has 8 nitrogen and oxygen atoms in total. The van der Waals surface area contributed by atoms with E-state index in [0.29, 0.717) is 58.2 Å². The summed E-state index contributed by atoms with van der Waals surface area (Å²) in [6.45, 7) is 7.62. The van der Waals surface area contributed by atoms with E-state index in [9.17, 15) is 9.59 Å².